The van der Waals surface area contributed by atoms with Crippen molar-refractivity contribution in [3.8, 4) is 0 Å². The van der Waals surface area contributed by atoms with E-state index in [2.05, 4.69) is 12.2 Å². The average molecular weight is 342 g/mol. The van der Waals surface area contributed by atoms with Crippen LogP contribution in [0.3, 0.4) is 0 Å². The molecule has 1 amide bonds. The van der Waals surface area contributed by atoms with Gasteiger partial charge in [0.05, 0.1) is 13.1 Å². The van der Waals surface area contributed by atoms with Crippen molar-refractivity contribution < 1.29 is 19.5 Å². The molecular weight excluding hydrogens is 308 g/mol. The summed E-state index contributed by atoms with van der Waals surface area (Å²) in [4.78, 5) is 35.7. The number of ketones is 1. The van der Waals surface area contributed by atoms with Gasteiger partial charge in [-0.2, -0.15) is 0 Å². The molecule has 0 aliphatic heterocycles. The van der Waals surface area contributed by atoms with Crippen LogP contribution in [0, 0.1) is 0 Å². The molecule has 0 saturated carbocycles. The molecule has 0 aromatic rings. The summed E-state index contributed by atoms with van der Waals surface area (Å²) in [5, 5.41) is 11.6. The molecule has 0 spiro atoms. The van der Waals surface area contributed by atoms with Gasteiger partial charge in [0.15, 0.2) is 5.78 Å². The molecule has 6 nitrogen and oxygen atoms in total. The Morgan fingerprint density at radius 2 is 1.42 bits per heavy atom. The summed E-state index contributed by atoms with van der Waals surface area (Å²) in [7, 11) is 1.64. The number of rotatable bonds is 16. The van der Waals surface area contributed by atoms with Crippen LogP contribution in [0.5, 0.6) is 0 Å². The van der Waals surface area contributed by atoms with Gasteiger partial charge in [0.2, 0.25) is 5.91 Å². The first-order chi connectivity index (χ1) is 11.5. The van der Waals surface area contributed by atoms with Crippen molar-refractivity contribution in [3.05, 3.63) is 0 Å². The lowest BCUT2D eigenvalue weighted by Gasteiger charge is -2.20. The van der Waals surface area contributed by atoms with E-state index in [1.807, 2.05) is 0 Å². The molecule has 0 aromatic heterocycles. The number of carboxylic acid groups (broad SMARTS) is 1. The molecule has 24 heavy (non-hydrogen) atoms. The second kappa shape index (κ2) is 15.1. The molecule has 0 aliphatic carbocycles. The number of carbonyl (C=O) groups is 3. The molecule has 0 unspecified atom stereocenters. The fourth-order valence-electron chi connectivity index (χ4n) is 2.61. The first kappa shape index (κ1) is 22.6. The summed E-state index contributed by atoms with van der Waals surface area (Å²) in [5.74, 6) is -1.52. The number of unbranched alkanes of at least 4 members (excludes halogenated alkanes) is 8. The molecule has 0 radical (unpaired) electrons. The van der Waals surface area contributed by atoms with Crippen LogP contribution in [0.4, 0.5) is 0 Å². The van der Waals surface area contributed by atoms with Crippen molar-refractivity contribution in [1.29, 1.82) is 0 Å². The molecule has 0 rings (SSSR count). The first-order valence-electron chi connectivity index (χ1n) is 9.17. The molecule has 2 N–H and O–H groups in total. The second-order valence-electron chi connectivity index (χ2n) is 6.29. The number of Topliss-reactive ketones (excluding diaryl/α,β-unsaturated/α-hetero) is 1. The largest absolute Gasteiger partial charge is 0.480 e. The number of hydrogen-bond acceptors (Lipinski definition) is 4. The highest BCUT2D eigenvalue weighted by Crippen LogP contribution is 2.11. The second-order valence-corrected chi connectivity index (χ2v) is 6.29. The third-order valence-electron chi connectivity index (χ3n) is 3.91. The average Bonchev–Trinajstić information content (AvgIpc) is 2.52. The fraction of sp³-hybridized carbons (Fsp3) is 0.833. The third kappa shape index (κ3) is 13.0. The zero-order valence-corrected chi connectivity index (χ0v) is 15.3. The van der Waals surface area contributed by atoms with Crippen LogP contribution < -0.4 is 5.32 Å². The Morgan fingerprint density at radius 1 is 0.875 bits per heavy atom. The molecular formula is C18H34N2O4. The highest BCUT2D eigenvalue weighted by Gasteiger charge is 2.19. The van der Waals surface area contributed by atoms with Crippen molar-refractivity contribution in [2.24, 2.45) is 0 Å². The minimum atomic E-state index is -1.09. The molecule has 0 bridgehead atoms. The normalized spacial score (nSPS) is 10.6. The summed E-state index contributed by atoms with van der Waals surface area (Å²) in [6, 6.07) is 0. The lowest BCUT2D eigenvalue weighted by Crippen LogP contribution is -2.41. The Balaban J connectivity index is 3.92. The fourth-order valence-corrected chi connectivity index (χ4v) is 2.61. The number of amides is 1. The smallest absolute Gasteiger partial charge is 0.323 e. The Morgan fingerprint density at radius 3 is 1.92 bits per heavy atom. The van der Waals surface area contributed by atoms with Gasteiger partial charge in [-0.05, 0) is 13.5 Å². The monoisotopic (exact) mass is 342 g/mol. The van der Waals surface area contributed by atoms with Crippen molar-refractivity contribution in [3.63, 3.8) is 0 Å². The molecule has 0 fully saturated rings. The summed E-state index contributed by atoms with van der Waals surface area (Å²) >= 11 is 0. The quantitative estimate of drug-likeness (QED) is 0.421. The minimum absolute atomic E-state index is 0.136. The third-order valence-corrected chi connectivity index (χ3v) is 3.91. The summed E-state index contributed by atoms with van der Waals surface area (Å²) in [6.45, 7) is 1.80. The Labute approximate surface area is 146 Å². The van der Waals surface area contributed by atoms with Gasteiger partial charge in [0.1, 0.15) is 6.54 Å². The molecule has 0 heterocycles. The van der Waals surface area contributed by atoms with E-state index < -0.39 is 12.5 Å². The molecule has 0 aromatic carbocycles. The lowest BCUT2D eigenvalue weighted by atomic mass is 10.1. The predicted molar refractivity (Wildman–Crippen MR) is 95.0 cm³/mol. The van der Waals surface area contributed by atoms with E-state index in [9.17, 15) is 14.4 Å². The number of likely N-dealkylation sites (N-methyl/N-ethyl adjacent to an activating group) is 1. The van der Waals surface area contributed by atoms with Gasteiger partial charge in [0.25, 0.3) is 0 Å². The van der Waals surface area contributed by atoms with E-state index in [4.69, 9.17) is 5.11 Å². The standard InChI is InChI=1S/C18H34N2O4/c1-3-4-5-6-7-8-9-10-11-12-17(22)20(15-18(23)24)14-16(21)13-19-2/h19H,3-15H2,1-2H3,(H,23,24). The van der Waals surface area contributed by atoms with Crippen LogP contribution in [-0.2, 0) is 14.4 Å². The summed E-state index contributed by atoms with van der Waals surface area (Å²) < 4.78 is 0. The zero-order chi connectivity index (χ0) is 18.2. The van der Waals surface area contributed by atoms with Gasteiger partial charge in [-0.15, -0.1) is 0 Å². The molecule has 6 heteroatoms. The van der Waals surface area contributed by atoms with Gasteiger partial charge in [-0.25, -0.2) is 0 Å². The molecule has 0 atom stereocenters. The maximum absolute atomic E-state index is 12.1. The number of carboxylic acids is 1. The minimum Gasteiger partial charge on any atom is -0.480 e. The maximum atomic E-state index is 12.1. The highest BCUT2D eigenvalue weighted by molar-refractivity contribution is 5.89. The Kier molecular flexibility index (Phi) is 14.2. The van der Waals surface area contributed by atoms with Crippen LogP contribution in [-0.4, -0.2) is 54.3 Å². The number of nitrogens with one attached hydrogen (secondary N) is 1. The van der Waals surface area contributed by atoms with Gasteiger partial charge < -0.3 is 15.3 Å². The van der Waals surface area contributed by atoms with Crippen LogP contribution >= 0.6 is 0 Å². The number of carbonyl (C=O) groups excluding carboxylic acids is 2. The number of aliphatic carboxylic acids is 1. The van der Waals surface area contributed by atoms with Crippen molar-refractivity contribution >= 4 is 17.7 Å². The van der Waals surface area contributed by atoms with Gasteiger partial charge >= 0.3 is 5.97 Å². The van der Waals surface area contributed by atoms with E-state index in [1.54, 1.807) is 7.05 Å². The lowest BCUT2D eigenvalue weighted by molar-refractivity contribution is -0.145. The van der Waals surface area contributed by atoms with Crippen molar-refractivity contribution in [1.82, 2.24) is 10.2 Å². The first-order valence-corrected chi connectivity index (χ1v) is 9.17. The molecule has 0 saturated heterocycles. The predicted octanol–water partition coefficient (Wildman–Crippen LogP) is 2.61. The van der Waals surface area contributed by atoms with Crippen LogP contribution in [0.15, 0.2) is 0 Å². The number of nitrogens with zero attached hydrogens (tertiary/aromatic N) is 1. The molecule has 140 valence electrons. The van der Waals surface area contributed by atoms with Gasteiger partial charge in [0, 0.05) is 6.42 Å². The Bertz CT molecular complexity index is 372. The number of hydrogen-bond donors (Lipinski definition) is 2. The zero-order valence-electron chi connectivity index (χ0n) is 15.3. The summed E-state index contributed by atoms with van der Waals surface area (Å²) in [6.07, 6.45) is 10.7. The topological polar surface area (TPSA) is 86.7 Å². The Hall–Kier alpha value is -1.43. The van der Waals surface area contributed by atoms with Crippen LogP contribution in [0.2, 0.25) is 0 Å². The van der Waals surface area contributed by atoms with Crippen molar-refractivity contribution in [2.45, 2.75) is 71.1 Å². The highest BCUT2D eigenvalue weighted by atomic mass is 16.4. The van der Waals surface area contributed by atoms with Crippen LogP contribution in [0.1, 0.15) is 71.1 Å². The van der Waals surface area contributed by atoms with Gasteiger partial charge in [-0.3, -0.25) is 14.4 Å². The SMILES string of the molecule is CCCCCCCCCCCC(=O)N(CC(=O)O)CC(=O)CNC. The summed E-state index contributed by atoms with van der Waals surface area (Å²) in [5.41, 5.74) is 0. The van der Waals surface area contributed by atoms with Crippen LogP contribution in [0.25, 0.3) is 0 Å². The van der Waals surface area contributed by atoms with E-state index in [0.717, 1.165) is 24.2 Å². The van der Waals surface area contributed by atoms with Crippen molar-refractivity contribution in [2.75, 3.05) is 26.7 Å². The van der Waals surface area contributed by atoms with E-state index >= 15 is 0 Å². The van der Waals surface area contributed by atoms with E-state index in [0.29, 0.717) is 6.42 Å². The van der Waals surface area contributed by atoms with Gasteiger partial charge in [-0.1, -0.05) is 58.3 Å². The molecule has 0 aliphatic rings. The van der Waals surface area contributed by atoms with E-state index in [-0.39, 0.29) is 24.8 Å². The van der Waals surface area contributed by atoms with E-state index in [1.165, 1.54) is 38.5 Å². The maximum Gasteiger partial charge on any atom is 0.323 e.